The van der Waals surface area contributed by atoms with Crippen LogP contribution in [0.5, 0.6) is 11.5 Å². The van der Waals surface area contributed by atoms with Crippen molar-refractivity contribution < 1.29 is 9.84 Å². The number of piperidine rings is 1. The van der Waals surface area contributed by atoms with E-state index in [0.29, 0.717) is 16.6 Å². The van der Waals surface area contributed by atoms with Crippen molar-refractivity contribution in [1.82, 2.24) is 5.32 Å². The molecule has 4 rings (SSSR count). The van der Waals surface area contributed by atoms with Crippen LogP contribution < -0.4 is 10.1 Å². The first-order chi connectivity index (χ1) is 7.71. The number of ether oxygens (including phenoxy) is 1. The van der Waals surface area contributed by atoms with Crippen molar-refractivity contribution in [2.45, 2.75) is 18.3 Å². The second-order valence-electron chi connectivity index (χ2n) is 5.50. The van der Waals surface area contributed by atoms with Crippen LogP contribution in [0.4, 0.5) is 0 Å². The van der Waals surface area contributed by atoms with Crippen LogP contribution in [0.1, 0.15) is 17.5 Å². The first kappa shape index (κ1) is 8.88. The number of rotatable bonds is 1. The van der Waals surface area contributed by atoms with Crippen molar-refractivity contribution in [3.05, 3.63) is 23.3 Å². The van der Waals surface area contributed by atoms with Crippen LogP contribution in [0.2, 0.25) is 0 Å². The molecule has 3 heteroatoms. The summed E-state index contributed by atoms with van der Waals surface area (Å²) in [6, 6.07) is 3.95. The summed E-state index contributed by atoms with van der Waals surface area (Å²) in [5.41, 5.74) is 3.57. The second kappa shape index (κ2) is 2.38. The maximum atomic E-state index is 9.79. The van der Waals surface area contributed by atoms with Crippen molar-refractivity contribution >= 4 is 0 Å². The molecule has 2 fully saturated rings. The molecule has 16 heavy (non-hydrogen) atoms. The Labute approximate surface area is 94.4 Å². The van der Waals surface area contributed by atoms with Gasteiger partial charge in [0, 0.05) is 18.5 Å². The fourth-order valence-corrected chi connectivity index (χ4v) is 4.03. The Morgan fingerprint density at radius 1 is 1.38 bits per heavy atom. The highest BCUT2D eigenvalue weighted by Gasteiger charge is 2.74. The van der Waals surface area contributed by atoms with Crippen LogP contribution >= 0.6 is 0 Å². The van der Waals surface area contributed by atoms with Crippen LogP contribution in [0.3, 0.4) is 0 Å². The van der Waals surface area contributed by atoms with E-state index in [1.54, 1.807) is 7.11 Å². The summed E-state index contributed by atoms with van der Waals surface area (Å²) in [5.74, 6) is 0.893. The molecule has 84 valence electrons. The minimum absolute atomic E-state index is 0.279. The van der Waals surface area contributed by atoms with Crippen molar-refractivity contribution in [2.24, 2.45) is 5.41 Å². The Balaban J connectivity index is 1.92. The molecule has 0 radical (unpaired) electrons. The summed E-state index contributed by atoms with van der Waals surface area (Å²) in [7, 11) is 1.61. The third kappa shape index (κ3) is 0.745. The lowest BCUT2D eigenvalue weighted by Gasteiger charge is -2.15. The highest BCUT2D eigenvalue weighted by molar-refractivity contribution is 5.59. The molecule has 1 saturated heterocycles. The van der Waals surface area contributed by atoms with Gasteiger partial charge in [0.25, 0.3) is 0 Å². The molecule has 0 bridgehead atoms. The molecule has 1 aromatic carbocycles. The van der Waals surface area contributed by atoms with Crippen molar-refractivity contribution in [1.29, 1.82) is 0 Å². The average Bonchev–Trinajstić information content (AvgIpc) is 2.65. The normalized spacial score (nSPS) is 37.8. The van der Waals surface area contributed by atoms with Crippen LogP contribution in [0.25, 0.3) is 0 Å². The minimum atomic E-state index is 0.279. The number of hydrogen-bond acceptors (Lipinski definition) is 3. The molecule has 1 saturated carbocycles. The van der Waals surface area contributed by atoms with Gasteiger partial charge in [0.05, 0.1) is 7.11 Å². The average molecular weight is 217 g/mol. The Morgan fingerprint density at radius 3 is 3.06 bits per heavy atom. The van der Waals surface area contributed by atoms with E-state index >= 15 is 0 Å². The van der Waals surface area contributed by atoms with Gasteiger partial charge in [-0.15, -0.1) is 0 Å². The highest BCUT2D eigenvalue weighted by atomic mass is 16.5. The number of methoxy groups -OCH3 is 1. The van der Waals surface area contributed by atoms with Gasteiger partial charge in [0.2, 0.25) is 0 Å². The van der Waals surface area contributed by atoms with Gasteiger partial charge in [-0.2, -0.15) is 0 Å². The van der Waals surface area contributed by atoms with E-state index in [0.717, 1.165) is 19.5 Å². The van der Waals surface area contributed by atoms with Gasteiger partial charge in [-0.05, 0) is 41.5 Å². The lowest BCUT2D eigenvalue weighted by atomic mass is 9.95. The largest absolute Gasteiger partial charge is 0.504 e. The van der Waals surface area contributed by atoms with E-state index in [1.165, 1.54) is 17.5 Å². The third-order valence-corrected chi connectivity index (χ3v) is 4.87. The molecule has 0 aromatic heterocycles. The predicted molar refractivity (Wildman–Crippen MR) is 60.0 cm³/mol. The Bertz CT molecular complexity index is 495. The molecular formula is C13H15NO2. The molecule has 0 amide bonds. The summed E-state index contributed by atoms with van der Waals surface area (Å²) in [4.78, 5) is 0. The van der Waals surface area contributed by atoms with Crippen molar-refractivity contribution in [3.8, 4) is 11.5 Å². The number of nitrogens with one attached hydrogen (secondary N) is 1. The second-order valence-corrected chi connectivity index (χ2v) is 5.50. The maximum Gasteiger partial charge on any atom is 0.160 e. The first-order valence-corrected chi connectivity index (χ1v) is 5.82. The summed E-state index contributed by atoms with van der Waals surface area (Å²) < 4.78 is 5.21. The summed E-state index contributed by atoms with van der Waals surface area (Å²) in [6.45, 7) is 2.22. The number of hydrogen-bond donors (Lipinski definition) is 2. The van der Waals surface area contributed by atoms with E-state index in [-0.39, 0.29) is 5.75 Å². The van der Waals surface area contributed by atoms with Crippen LogP contribution in [0, 0.1) is 5.41 Å². The number of fused-ring (bicyclic) bond motifs is 1. The molecule has 0 spiro atoms. The quantitative estimate of drug-likeness (QED) is 0.742. The number of phenolic OH excluding ortho intramolecular Hbond substituents is 1. The van der Waals surface area contributed by atoms with E-state index in [4.69, 9.17) is 4.74 Å². The standard InChI is InChI=1S/C13H15NO2/c1-16-11-3-9-8(2-10(11)15)4-12-5-13(9,12)7-14-6-12/h2-3,14-15H,4-7H2,1H3. The Hall–Kier alpha value is -1.22. The molecule has 3 nitrogen and oxygen atoms in total. The van der Waals surface area contributed by atoms with E-state index in [2.05, 4.69) is 5.32 Å². The Morgan fingerprint density at radius 2 is 2.25 bits per heavy atom. The number of aromatic hydroxyl groups is 1. The molecular weight excluding hydrogens is 202 g/mol. The first-order valence-electron chi connectivity index (χ1n) is 5.82. The van der Waals surface area contributed by atoms with E-state index in [9.17, 15) is 5.11 Å². The zero-order chi connectivity index (χ0) is 11.0. The lowest BCUT2D eigenvalue weighted by Crippen LogP contribution is -2.21. The van der Waals surface area contributed by atoms with Gasteiger partial charge in [-0.25, -0.2) is 0 Å². The van der Waals surface area contributed by atoms with Crippen LogP contribution in [0.15, 0.2) is 12.1 Å². The molecule has 2 unspecified atom stereocenters. The SMILES string of the molecule is COc1cc2c(cc1O)CC13CNCC21C3. The number of benzene rings is 1. The van der Waals surface area contributed by atoms with Gasteiger partial charge >= 0.3 is 0 Å². The topological polar surface area (TPSA) is 41.5 Å². The molecule has 1 heterocycles. The molecule has 2 atom stereocenters. The zero-order valence-corrected chi connectivity index (χ0v) is 9.34. The predicted octanol–water partition coefficient (Wildman–Crippen LogP) is 1.19. The van der Waals surface area contributed by atoms with Gasteiger partial charge < -0.3 is 15.2 Å². The van der Waals surface area contributed by atoms with Crippen LogP contribution in [-0.4, -0.2) is 25.3 Å². The minimum Gasteiger partial charge on any atom is -0.504 e. The summed E-state index contributed by atoms with van der Waals surface area (Å²) >= 11 is 0. The fraction of sp³-hybridized carbons (Fsp3) is 0.538. The number of phenols is 1. The van der Waals surface area contributed by atoms with Gasteiger partial charge in [-0.3, -0.25) is 0 Å². The van der Waals surface area contributed by atoms with Crippen molar-refractivity contribution in [3.63, 3.8) is 0 Å². The van der Waals surface area contributed by atoms with Crippen molar-refractivity contribution in [2.75, 3.05) is 20.2 Å². The molecule has 1 aromatic rings. The molecule has 2 N–H and O–H groups in total. The maximum absolute atomic E-state index is 9.79. The monoisotopic (exact) mass is 217 g/mol. The van der Waals surface area contributed by atoms with Gasteiger partial charge in [-0.1, -0.05) is 0 Å². The van der Waals surface area contributed by atoms with E-state index < -0.39 is 0 Å². The highest BCUT2D eigenvalue weighted by Crippen LogP contribution is 2.73. The molecule has 2 aliphatic carbocycles. The van der Waals surface area contributed by atoms with Gasteiger partial charge in [0.15, 0.2) is 11.5 Å². The van der Waals surface area contributed by atoms with E-state index in [1.807, 2.05) is 12.1 Å². The Kier molecular flexibility index (Phi) is 1.32. The molecule has 3 aliphatic rings. The molecule has 1 aliphatic heterocycles. The summed E-state index contributed by atoms with van der Waals surface area (Å²) in [5, 5.41) is 13.3. The van der Waals surface area contributed by atoms with Gasteiger partial charge in [0.1, 0.15) is 0 Å². The third-order valence-electron chi connectivity index (χ3n) is 4.87. The fourth-order valence-electron chi connectivity index (χ4n) is 4.03. The zero-order valence-electron chi connectivity index (χ0n) is 9.34. The van der Waals surface area contributed by atoms with Crippen LogP contribution in [-0.2, 0) is 11.8 Å². The smallest absolute Gasteiger partial charge is 0.160 e. The lowest BCUT2D eigenvalue weighted by molar-refractivity contribution is 0.372. The summed E-state index contributed by atoms with van der Waals surface area (Å²) in [6.07, 6.45) is 2.43.